The highest BCUT2D eigenvalue weighted by Gasteiger charge is 2.23. The molecule has 0 aliphatic heterocycles. The largest absolute Gasteiger partial charge is 0.388 e. The SMILES string of the molecule is NCC(c1ccc(Cl)cc1Cl)C(O)c1cccc(Cl)c1. The Labute approximate surface area is 133 Å². The van der Waals surface area contributed by atoms with Crippen LogP contribution in [0.4, 0.5) is 0 Å². The molecule has 0 radical (unpaired) electrons. The third-order valence-corrected chi connectivity index (χ3v) is 3.98. The lowest BCUT2D eigenvalue weighted by Gasteiger charge is -2.23. The van der Waals surface area contributed by atoms with E-state index in [-0.39, 0.29) is 12.5 Å². The van der Waals surface area contributed by atoms with Crippen LogP contribution in [-0.2, 0) is 0 Å². The predicted octanol–water partition coefficient (Wildman–Crippen LogP) is 4.42. The first-order valence-corrected chi connectivity index (χ1v) is 7.25. The zero-order valence-electron chi connectivity index (χ0n) is 10.6. The molecule has 0 amide bonds. The Morgan fingerprint density at radius 2 is 1.70 bits per heavy atom. The van der Waals surface area contributed by atoms with E-state index in [4.69, 9.17) is 40.5 Å². The summed E-state index contributed by atoms with van der Waals surface area (Å²) in [6, 6.07) is 12.2. The summed E-state index contributed by atoms with van der Waals surface area (Å²) in [5.41, 5.74) is 7.28. The number of rotatable bonds is 4. The summed E-state index contributed by atoms with van der Waals surface area (Å²) < 4.78 is 0. The van der Waals surface area contributed by atoms with E-state index in [0.29, 0.717) is 20.6 Å². The van der Waals surface area contributed by atoms with Gasteiger partial charge in [-0.1, -0.05) is 53.0 Å². The monoisotopic (exact) mass is 329 g/mol. The second kappa shape index (κ2) is 6.79. The fourth-order valence-electron chi connectivity index (χ4n) is 2.15. The van der Waals surface area contributed by atoms with Crippen LogP contribution in [-0.4, -0.2) is 11.7 Å². The second-order valence-corrected chi connectivity index (χ2v) is 5.79. The first-order valence-electron chi connectivity index (χ1n) is 6.11. The van der Waals surface area contributed by atoms with Crippen molar-refractivity contribution in [3.8, 4) is 0 Å². The highest BCUT2D eigenvalue weighted by molar-refractivity contribution is 6.35. The Morgan fingerprint density at radius 1 is 1.00 bits per heavy atom. The van der Waals surface area contributed by atoms with Crippen LogP contribution in [0.2, 0.25) is 15.1 Å². The minimum Gasteiger partial charge on any atom is -0.388 e. The quantitative estimate of drug-likeness (QED) is 0.871. The molecule has 0 aromatic heterocycles. The van der Waals surface area contributed by atoms with Crippen molar-refractivity contribution in [2.45, 2.75) is 12.0 Å². The molecule has 2 rings (SSSR count). The third-order valence-electron chi connectivity index (χ3n) is 3.19. The van der Waals surface area contributed by atoms with Crippen LogP contribution in [0.1, 0.15) is 23.1 Å². The van der Waals surface area contributed by atoms with Gasteiger partial charge in [-0.25, -0.2) is 0 Å². The maximum Gasteiger partial charge on any atom is 0.0871 e. The average Bonchev–Trinajstić information content (AvgIpc) is 2.41. The summed E-state index contributed by atoms with van der Waals surface area (Å²) in [6.07, 6.45) is -0.780. The zero-order valence-corrected chi connectivity index (χ0v) is 12.8. The normalized spacial score (nSPS) is 14.1. The summed E-state index contributed by atoms with van der Waals surface area (Å²) >= 11 is 18.0. The molecule has 3 N–H and O–H groups in total. The van der Waals surface area contributed by atoms with E-state index in [9.17, 15) is 5.11 Å². The highest BCUT2D eigenvalue weighted by Crippen LogP contribution is 2.35. The maximum atomic E-state index is 10.5. The van der Waals surface area contributed by atoms with Crippen molar-refractivity contribution in [2.24, 2.45) is 5.73 Å². The first-order chi connectivity index (χ1) is 9.52. The van der Waals surface area contributed by atoms with Gasteiger partial charge in [-0.3, -0.25) is 0 Å². The molecular formula is C15H14Cl3NO. The summed E-state index contributed by atoms with van der Waals surface area (Å²) in [5.74, 6) is -0.321. The highest BCUT2D eigenvalue weighted by atomic mass is 35.5. The van der Waals surface area contributed by atoms with Crippen molar-refractivity contribution in [3.63, 3.8) is 0 Å². The molecule has 0 aliphatic carbocycles. The minimum atomic E-state index is -0.780. The number of halogens is 3. The molecule has 2 nitrogen and oxygen atoms in total. The van der Waals surface area contributed by atoms with Crippen molar-refractivity contribution < 1.29 is 5.11 Å². The molecule has 0 fully saturated rings. The third kappa shape index (κ3) is 3.46. The number of hydrogen-bond donors (Lipinski definition) is 2. The fraction of sp³-hybridized carbons (Fsp3) is 0.200. The lowest BCUT2D eigenvalue weighted by atomic mass is 9.89. The van der Waals surface area contributed by atoms with Gasteiger partial charge in [0.2, 0.25) is 0 Å². The van der Waals surface area contributed by atoms with Crippen molar-refractivity contribution in [2.75, 3.05) is 6.54 Å². The van der Waals surface area contributed by atoms with Gasteiger partial charge in [-0.15, -0.1) is 0 Å². The molecule has 2 aromatic rings. The van der Waals surface area contributed by atoms with Crippen LogP contribution >= 0.6 is 34.8 Å². The number of benzene rings is 2. The molecule has 0 saturated carbocycles. The molecule has 0 heterocycles. The smallest absolute Gasteiger partial charge is 0.0871 e. The number of aliphatic hydroxyl groups is 1. The van der Waals surface area contributed by atoms with E-state index < -0.39 is 6.10 Å². The Balaban J connectivity index is 2.36. The van der Waals surface area contributed by atoms with Crippen LogP contribution in [0.3, 0.4) is 0 Å². The van der Waals surface area contributed by atoms with Gasteiger partial charge in [0.15, 0.2) is 0 Å². The molecule has 5 heteroatoms. The van der Waals surface area contributed by atoms with Crippen LogP contribution in [0.5, 0.6) is 0 Å². The molecule has 2 unspecified atom stereocenters. The van der Waals surface area contributed by atoms with Gasteiger partial charge in [0.1, 0.15) is 0 Å². The summed E-state index contributed by atoms with van der Waals surface area (Å²) in [6.45, 7) is 0.259. The Morgan fingerprint density at radius 3 is 2.30 bits per heavy atom. The number of nitrogens with two attached hydrogens (primary N) is 1. The standard InChI is InChI=1S/C15H14Cl3NO/c16-10-3-1-2-9(6-10)15(20)13(8-19)12-5-4-11(17)7-14(12)18/h1-7,13,15,20H,8,19H2. The molecule has 2 aromatic carbocycles. The van der Waals surface area contributed by atoms with Crippen LogP contribution in [0, 0.1) is 0 Å². The average molecular weight is 331 g/mol. The van der Waals surface area contributed by atoms with Gasteiger partial charge in [-0.05, 0) is 35.4 Å². The van der Waals surface area contributed by atoms with Crippen molar-refractivity contribution in [1.29, 1.82) is 0 Å². The van der Waals surface area contributed by atoms with E-state index in [2.05, 4.69) is 0 Å². The molecule has 0 spiro atoms. The lowest BCUT2D eigenvalue weighted by Crippen LogP contribution is -2.20. The van der Waals surface area contributed by atoms with E-state index in [1.54, 1.807) is 36.4 Å². The molecule has 106 valence electrons. The molecular weight excluding hydrogens is 317 g/mol. The van der Waals surface area contributed by atoms with Crippen LogP contribution < -0.4 is 5.73 Å². The number of aliphatic hydroxyl groups excluding tert-OH is 1. The molecule has 20 heavy (non-hydrogen) atoms. The van der Waals surface area contributed by atoms with E-state index in [1.807, 2.05) is 6.07 Å². The Kier molecular flexibility index (Phi) is 5.30. The summed E-state index contributed by atoms with van der Waals surface area (Å²) in [7, 11) is 0. The predicted molar refractivity (Wildman–Crippen MR) is 84.7 cm³/mol. The van der Waals surface area contributed by atoms with Crippen molar-refractivity contribution >= 4 is 34.8 Å². The summed E-state index contributed by atoms with van der Waals surface area (Å²) in [4.78, 5) is 0. The van der Waals surface area contributed by atoms with Gasteiger partial charge in [0.05, 0.1) is 6.10 Å². The summed E-state index contributed by atoms with van der Waals surface area (Å²) in [5, 5.41) is 12.1. The fourth-order valence-corrected chi connectivity index (χ4v) is 2.90. The van der Waals surface area contributed by atoms with Crippen molar-refractivity contribution in [3.05, 3.63) is 68.7 Å². The zero-order chi connectivity index (χ0) is 14.7. The topological polar surface area (TPSA) is 46.2 Å². The molecule has 0 aliphatic rings. The van der Waals surface area contributed by atoms with Crippen molar-refractivity contribution in [1.82, 2.24) is 0 Å². The number of hydrogen-bond acceptors (Lipinski definition) is 2. The minimum absolute atomic E-state index is 0.259. The molecule has 0 bridgehead atoms. The van der Waals surface area contributed by atoms with E-state index >= 15 is 0 Å². The van der Waals surface area contributed by atoms with E-state index in [0.717, 1.165) is 5.56 Å². The van der Waals surface area contributed by atoms with Crippen LogP contribution in [0.15, 0.2) is 42.5 Å². The van der Waals surface area contributed by atoms with Gasteiger partial charge >= 0.3 is 0 Å². The van der Waals surface area contributed by atoms with Crippen LogP contribution in [0.25, 0.3) is 0 Å². The van der Waals surface area contributed by atoms with E-state index in [1.165, 1.54) is 0 Å². The Bertz CT molecular complexity index is 603. The molecule has 0 saturated heterocycles. The maximum absolute atomic E-state index is 10.5. The van der Waals surface area contributed by atoms with Gasteiger partial charge < -0.3 is 10.8 Å². The molecule has 2 atom stereocenters. The Hall–Kier alpha value is -0.770. The van der Waals surface area contributed by atoms with Gasteiger partial charge in [-0.2, -0.15) is 0 Å². The first kappa shape index (κ1) is 15.6. The van der Waals surface area contributed by atoms with Gasteiger partial charge in [0, 0.05) is 27.5 Å². The lowest BCUT2D eigenvalue weighted by molar-refractivity contribution is 0.147. The van der Waals surface area contributed by atoms with Gasteiger partial charge in [0.25, 0.3) is 0 Å². The second-order valence-electron chi connectivity index (χ2n) is 4.51.